The van der Waals surface area contributed by atoms with Crippen molar-refractivity contribution in [3.63, 3.8) is 0 Å². The van der Waals surface area contributed by atoms with E-state index in [4.69, 9.17) is 0 Å². The first-order valence-electron chi connectivity index (χ1n) is 7.54. The number of imidazole rings is 1. The van der Waals surface area contributed by atoms with Gasteiger partial charge in [0.2, 0.25) is 0 Å². The van der Waals surface area contributed by atoms with Gasteiger partial charge in [0.25, 0.3) is 5.69 Å². The molecule has 1 N–H and O–H groups in total. The molecule has 0 amide bonds. The second-order valence-electron chi connectivity index (χ2n) is 5.62. The number of nitrogens with one attached hydrogen (secondary N) is 1. The van der Waals surface area contributed by atoms with E-state index in [1.807, 2.05) is 24.3 Å². The molecule has 1 atom stereocenters. The highest BCUT2D eigenvalue weighted by Gasteiger charge is 2.29. The maximum absolute atomic E-state index is 10.8. The number of fused-ring (bicyclic) bond motifs is 1. The Morgan fingerprint density at radius 1 is 1.26 bits per heavy atom. The Morgan fingerprint density at radius 2 is 2.13 bits per heavy atom. The standard InChI is InChI=1S/C16H15N5O2/c22-21(23)11-7-8-15(17-10-11)20-9-3-6-14(20)16-18-12-4-1-2-5-13(12)19-16/h1-2,4-5,7-8,10,14H,3,6,9H2,(H,18,19). The lowest BCUT2D eigenvalue weighted by Crippen LogP contribution is -2.24. The third kappa shape index (κ3) is 2.40. The highest BCUT2D eigenvalue weighted by atomic mass is 16.6. The van der Waals surface area contributed by atoms with Crippen molar-refractivity contribution >= 4 is 22.5 Å². The van der Waals surface area contributed by atoms with Gasteiger partial charge >= 0.3 is 0 Å². The van der Waals surface area contributed by atoms with Crippen LogP contribution in [0.1, 0.15) is 24.7 Å². The summed E-state index contributed by atoms with van der Waals surface area (Å²) in [5.74, 6) is 1.67. The highest BCUT2D eigenvalue weighted by molar-refractivity contribution is 5.75. The van der Waals surface area contributed by atoms with Crippen LogP contribution in [-0.2, 0) is 0 Å². The molecular weight excluding hydrogens is 294 g/mol. The molecule has 7 nitrogen and oxygen atoms in total. The van der Waals surface area contributed by atoms with Crippen molar-refractivity contribution in [1.82, 2.24) is 15.0 Å². The Labute approximate surface area is 132 Å². The Kier molecular flexibility index (Phi) is 3.18. The van der Waals surface area contributed by atoms with Crippen molar-refractivity contribution in [2.75, 3.05) is 11.4 Å². The van der Waals surface area contributed by atoms with Gasteiger partial charge in [0.1, 0.15) is 17.8 Å². The number of aromatic nitrogens is 3. The molecular formula is C16H15N5O2. The number of hydrogen-bond acceptors (Lipinski definition) is 5. The number of benzene rings is 1. The molecule has 0 aliphatic carbocycles. The molecule has 2 aromatic heterocycles. The van der Waals surface area contributed by atoms with E-state index in [1.165, 1.54) is 12.3 Å². The van der Waals surface area contributed by atoms with Crippen LogP contribution in [0.25, 0.3) is 11.0 Å². The van der Waals surface area contributed by atoms with Crippen LogP contribution in [0, 0.1) is 10.1 Å². The highest BCUT2D eigenvalue weighted by Crippen LogP contribution is 2.34. The van der Waals surface area contributed by atoms with Gasteiger partial charge in [0.05, 0.1) is 22.0 Å². The maximum Gasteiger partial charge on any atom is 0.287 e. The fourth-order valence-corrected chi connectivity index (χ4v) is 3.11. The number of anilines is 1. The first kappa shape index (κ1) is 13.7. The van der Waals surface area contributed by atoms with Gasteiger partial charge in [-0.05, 0) is 31.0 Å². The van der Waals surface area contributed by atoms with E-state index in [-0.39, 0.29) is 11.7 Å². The zero-order valence-electron chi connectivity index (χ0n) is 12.3. The monoisotopic (exact) mass is 309 g/mol. The minimum absolute atomic E-state index is 0.00762. The zero-order chi connectivity index (χ0) is 15.8. The molecule has 0 bridgehead atoms. The van der Waals surface area contributed by atoms with E-state index < -0.39 is 4.92 Å². The first-order chi connectivity index (χ1) is 11.2. The molecule has 23 heavy (non-hydrogen) atoms. The number of aromatic amines is 1. The van der Waals surface area contributed by atoms with Gasteiger partial charge < -0.3 is 9.88 Å². The van der Waals surface area contributed by atoms with Crippen molar-refractivity contribution in [2.45, 2.75) is 18.9 Å². The minimum atomic E-state index is -0.433. The molecule has 116 valence electrons. The Hall–Kier alpha value is -2.96. The zero-order valence-corrected chi connectivity index (χ0v) is 12.3. The Bertz CT molecular complexity index is 825. The van der Waals surface area contributed by atoms with Crippen LogP contribution in [-0.4, -0.2) is 26.4 Å². The average molecular weight is 309 g/mol. The van der Waals surface area contributed by atoms with E-state index in [0.29, 0.717) is 0 Å². The minimum Gasteiger partial charge on any atom is -0.346 e. The van der Waals surface area contributed by atoms with Gasteiger partial charge in [0.15, 0.2) is 0 Å². The molecule has 7 heteroatoms. The summed E-state index contributed by atoms with van der Waals surface area (Å²) in [4.78, 5) is 24.8. The van der Waals surface area contributed by atoms with Gasteiger partial charge in [-0.1, -0.05) is 12.1 Å². The molecule has 1 unspecified atom stereocenters. The number of para-hydroxylation sites is 2. The third-order valence-corrected chi connectivity index (χ3v) is 4.21. The molecule has 1 fully saturated rings. The summed E-state index contributed by atoms with van der Waals surface area (Å²) >= 11 is 0. The van der Waals surface area contributed by atoms with E-state index in [9.17, 15) is 10.1 Å². The molecule has 0 radical (unpaired) electrons. The number of nitro groups is 1. The molecule has 4 rings (SSSR count). The predicted octanol–water partition coefficient (Wildman–Crippen LogP) is 3.21. The smallest absolute Gasteiger partial charge is 0.287 e. The van der Waals surface area contributed by atoms with E-state index in [0.717, 1.165) is 42.1 Å². The number of nitrogens with zero attached hydrogens (tertiary/aromatic N) is 4. The lowest BCUT2D eigenvalue weighted by molar-refractivity contribution is -0.385. The lowest BCUT2D eigenvalue weighted by atomic mass is 10.2. The van der Waals surface area contributed by atoms with Crippen molar-refractivity contribution in [3.8, 4) is 0 Å². The number of pyridine rings is 1. The molecule has 0 spiro atoms. The SMILES string of the molecule is O=[N+]([O-])c1ccc(N2CCCC2c2nc3ccccc3[nH]2)nc1. The molecule has 3 aromatic rings. The second kappa shape index (κ2) is 5.35. The van der Waals surface area contributed by atoms with Crippen LogP contribution < -0.4 is 4.90 Å². The average Bonchev–Trinajstić information content (AvgIpc) is 3.21. The fourth-order valence-electron chi connectivity index (χ4n) is 3.11. The van der Waals surface area contributed by atoms with E-state index in [2.05, 4.69) is 19.9 Å². The molecule has 1 aromatic carbocycles. The van der Waals surface area contributed by atoms with Crippen molar-refractivity contribution in [1.29, 1.82) is 0 Å². The van der Waals surface area contributed by atoms with Crippen molar-refractivity contribution in [2.24, 2.45) is 0 Å². The summed E-state index contributed by atoms with van der Waals surface area (Å²) in [6.07, 6.45) is 3.34. The predicted molar refractivity (Wildman–Crippen MR) is 86.3 cm³/mol. The topological polar surface area (TPSA) is 88.0 Å². The van der Waals surface area contributed by atoms with Crippen LogP contribution in [0.5, 0.6) is 0 Å². The van der Waals surface area contributed by atoms with Crippen molar-refractivity contribution < 1.29 is 4.92 Å². The van der Waals surface area contributed by atoms with Crippen LogP contribution in [0.2, 0.25) is 0 Å². The van der Waals surface area contributed by atoms with Gasteiger partial charge in [-0.3, -0.25) is 10.1 Å². The number of rotatable bonds is 3. The molecule has 0 saturated carbocycles. The summed E-state index contributed by atoms with van der Waals surface area (Å²) in [5, 5.41) is 10.8. The summed E-state index contributed by atoms with van der Waals surface area (Å²) in [7, 11) is 0. The molecule has 3 heterocycles. The normalized spacial score (nSPS) is 17.7. The summed E-state index contributed by atoms with van der Waals surface area (Å²) in [6, 6.07) is 11.3. The Morgan fingerprint density at radius 3 is 2.87 bits per heavy atom. The van der Waals surface area contributed by atoms with E-state index in [1.54, 1.807) is 6.07 Å². The third-order valence-electron chi connectivity index (χ3n) is 4.21. The van der Waals surface area contributed by atoms with Gasteiger partial charge in [-0.15, -0.1) is 0 Å². The Balaban J connectivity index is 1.66. The summed E-state index contributed by atoms with van der Waals surface area (Å²) < 4.78 is 0. The van der Waals surface area contributed by atoms with Crippen LogP contribution in [0.15, 0.2) is 42.6 Å². The van der Waals surface area contributed by atoms with Crippen molar-refractivity contribution in [3.05, 3.63) is 58.5 Å². The van der Waals surface area contributed by atoms with Crippen LogP contribution in [0.4, 0.5) is 11.5 Å². The van der Waals surface area contributed by atoms with Gasteiger partial charge in [-0.25, -0.2) is 9.97 Å². The summed E-state index contributed by atoms with van der Waals surface area (Å²) in [5.41, 5.74) is 1.98. The molecule has 1 aliphatic rings. The fraction of sp³-hybridized carbons (Fsp3) is 0.250. The molecule has 1 saturated heterocycles. The maximum atomic E-state index is 10.8. The van der Waals surface area contributed by atoms with E-state index >= 15 is 0 Å². The second-order valence-corrected chi connectivity index (χ2v) is 5.62. The van der Waals surface area contributed by atoms with Crippen LogP contribution in [0.3, 0.4) is 0 Å². The van der Waals surface area contributed by atoms with Gasteiger partial charge in [-0.2, -0.15) is 0 Å². The van der Waals surface area contributed by atoms with Crippen LogP contribution >= 0.6 is 0 Å². The summed E-state index contributed by atoms with van der Waals surface area (Å²) in [6.45, 7) is 0.868. The largest absolute Gasteiger partial charge is 0.346 e. The number of hydrogen-bond donors (Lipinski definition) is 1. The molecule has 1 aliphatic heterocycles. The number of H-pyrrole nitrogens is 1. The lowest BCUT2D eigenvalue weighted by Gasteiger charge is -2.23. The quantitative estimate of drug-likeness (QED) is 0.593. The van der Waals surface area contributed by atoms with Gasteiger partial charge in [0, 0.05) is 12.6 Å². The first-order valence-corrected chi connectivity index (χ1v) is 7.54.